The first-order valence-electron chi connectivity index (χ1n) is 3.76. The van der Waals surface area contributed by atoms with Crippen LogP contribution in [0.15, 0.2) is 29.2 Å². The molecule has 0 aliphatic carbocycles. The molecule has 0 bridgehead atoms. The highest BCUT2D eigenvalue weighted by Gasteiger charge is 2.14. The summed E-state index contributed by atoms with van der Waals surface area (Å²) in [6, 6.07) is 7.01. The lowest BCUT2D eigenvalue weighted by Crippen LogP contribution is -2.15. The monoisotopic (exact) mass is 198 g/mol. The molecular formula is C9H10O3S. The number of hydrogen-bond donors (Lipinski definition) is 1. The normalized spacial score (nSPS) is 12.5. The number of rotatable bonds is 3. The molecule has 0 unspecified atom stereocenters. The summed E-state index contributed by atoms with van der Waals surface area (Å²) in [6.07, 6.45) is 0. The van der Waals surface area contributed by atoms with Crippen LogP contribution in [0.25, 0.3) is 0 Å². The molecule has 70 valence electrons. The average molecular weight is 198 g/mol. The van der Waals surface area contributed by atoms with Crippen molar-refractivity contribution in [2.75, 3.05) is 5.75 Å². The van der Waals surface area contributed by atoms with Gasteiger partial charge in [-0.2, -0.15) is 0 Å². The topological polar surface area (TPSA) is 60.4 Å². The first kappa shape index (κ1) is 10.1. The molecule has 1 N–H and O–H groups in total. The lowest BCUT2D eigenvalue weighted by atomic mass is 10.2. The van der Waals surface area contributed by atoms with Gasteiger partial charge >= 0.3 is 5.97 Å². The molecule has 4 heteroatoms. The van der Waals surface area contributed by atoms with Gasteiger partial charge in [-0.3, -0.25) is 0 Å². The second kappa shape index (κ2) is 4.30. The maximum atomic E-state index is 11.3. The van der Waals surface area contributed by atoms with E-state index in [4.69, 9.17) is 5.11 Å². The Balaban J connectivity index is 2.71. The van der Waals surface area contributed by atoms with Crippen LogP contribution in [0.5, 0.6) is 0 Å². The minimum absolute atomic E-state index is 0.330. The zero-order valence-corrected chi connectivity index (χ0v) is 8.00. The van der Waals surface area contributed by atoms with E-state index in [-0.39, 0.29) is 5.75 Å². The van der Waals surface area contributed by atoms with E-state index in [9.17, 15) is 9.35 Å². The SMILES string of the molecule is Cc1ccc([S@+]([O-])CC(=O)O)cc1. The summed E-state index contributed by atoms with van der Waals surface area (Å²) in [5.41, 5.74) is 1.07. The molecular weight excluding hydrogens is 188 g/mol. The molecule has 0 saturated carbocycles. The fourth-order valence-electron chi connectivity index (χ4n) is 0.886. The van der Waals surface area contributed by atoms with E-state index in [2.05, 4.69) is 0 Å². The summed E-state index contributed by atoms with van der Waals surface area (Å²) in [7, 11) is 0. The predicted molar refractivity (Wildman–Crippen MR) is 50.1 cm³/mol. The van der Waals surface area contributed by atoms with Crippen molar-refractivity contribution in [1.29, 1.82) is 0 Å². The molecule has 1 aromatic carbocycles. The van der Waals surface area contributed by atoms with Crippen LogP contribution in [0, 0.1) is 6.92 Å². The van der Waals surface area contributed by atoms with E-state index >= 15 is 0 Å². The second-order valence-electron chi connectivity index (χ2n) is 2.70. The molecule has 0 amide bonds. The zero-order valence-electron chi connectivity index (χ0n) is 7.19. The molecule has 3 nitrogen and oxygen atoms in total. The Morgan fingerprint density at radius 1 is 1.46 bits per heavy atom. The van der Waals surface area contributed by atoms with Gasteiger partial charge in [0.2, 0.25) is 5.75 Å². The van der Waals surface area contributed by atoms with E-state index in [1.165, 1.54) is 0 Å². The summed E-state index contributed by atoms with van der Waals surface area (Å²) >= 11 is -1.42. The molecule has 0 fully saturated rings. The summed E-state index contributed by atoms with van der Waals surface area (Å²) in [5.74, 6) is -1.37. The van der Waals surface area contributed by atoms with Crippen molar-refractivity contribution in [2.45, 2.75) is 11.8 Å². The number of aliphatic carboxylic acids is 1. The van der Waals surface area contributed by atoms with Crippen LogP contribution in [0.3, 0.4) is 0 Å². The molecule has 0 aromatic heterocycles. The van der Waals surface area contributed by atoms with Crippen LogP contribution in [0.1, 0.15) is 5.56 Å². The third-order valence-corrected chi connectivity index (χ3v) is 2.85. The van der Waals surface area contributed by atoms with Crippen LogP contribution in [-0.2, 0) is 16.0 Å². The lowest BCUT2D eigenvalue weighted by molar-refractivity contribution is -0.134. The van der Waals surface area contributed by atoms with E-state index < -0.39 is 17.1 Å². The van der Waals surface area contributed by atoms with Gasteiger partial charge in [-0.25, -0.2) is 4.79 Å². The van der Waals surface area contributed by atoms with Crippen molar-refractivity contribution >= 4 is 17.1 Å². The summed E-state index contributed by atoms with van der Waals surface area (Å²) in [4.78, 5) is 10.8. The summed E-state index contributed by atoms with van der Waals surface area (Å²) < 4.78 is 11.3. The number of carbonyl (C=O) groups is 1. The highest BCUT2D eigenvalue weighted by molar-refractivity contribution is 7.92. The van der Waals surface area contributed by atoms with Crippen LogP contribution < -0.4 is 0 Å². The highest BCUT2D eigenvalue weighted by Crippen LogP contribution is 2.11. The molecule has 0 aliphatic heterocycles. The molecule has 0 heterocycles. The Kier molecular flexibility index (Phi) is 3.33. The largest absolute Gasteiger partial charge is 0.611 e. The zero-order chi connectivity index (χ0) is 9.84. The number of carboxylic acids is 1. The molecule has 1 rings (SSSR count). The van der Waals surface area contributed by atoms with Gasteiger partial charge in [0.15, 0.2) is 4.90 Å². The standard InChI is InChI=1S/C9H10O3S/c1-7-2-4-8(5-3-7)13(12)6-9(10)11/h2-5H,6H2,1H3,(H,10,11)/t13-/m1/s1. The number of aryl methyl sites for hydroxylation is 1. The van der Waals surface area contributed by atoms with Gasteiger partial charge in [0.25, 0.3) is 0 Å². The van der Waals surface area contributed by atoms with Crippen molar-refractivity contribution in [3.63, 3.8) is 0 Å². The van der Waals surface area contributed by atoms with E-state index in [1.807, 2.05) is 19.1 Å². The van der Waals surface area contributed by atoms with Gasteiger partial charge < -0.3 is 9.66 Å². The van der Waals surface area contributed by atoms with Crippen molar-refractivity contribution in [3.8, 4) is 0 Å². The van der Waals surface area contributed by atoms with Crippen LogP contribution >= 0.6 is 0 Å². The van der Waals surface area contributed by atoms with Crippen LogP contribution in [-0.4, -0.2) is 21.4 Å². The average Bonchev–Trinajstić information content (AvgIpc) is 2.04. The fraction of sp³-hybridized carbons (Fsp3) is 0.222. The van der Waals surface area contributed by atoms with Crippen LogP contribution in [0.4, 0.5) is 0 Å². The minimum Gasteiger partial charge on any atom is -0.611 e. The van der Waals surface area contributed by atoms with Gasteiger partial charge in [0.1, 0.15) is 0 Å². The van der Waals surface area contributed by atoms with Crippen molar-refractivity contribution in [3.05, 3.63) is 29.8 Å². The van der Waals surface area contributed by atoms with E-state index in [0.29, 0.717) is 4.90 Å². The summed E-state index contributed by atoms with van der Waals surface area (Å²) in [6.45, 7) is 1.92. The number of benzene rings is 1. The van der Waals surface area contributed by atoms with Gasteiger partial charge in [-0.15, -0.1) is 0 Å². The van der Waals surface area contributed by atoms with Crippen molar-refractivity contribution in [1.82, 2.24) is 0 Å². The first-order chi connectivity index (χ1) is 6.09. The third kappa shape index (κ3) is 3.08. The molecule has 1 aromatic rings. The molecule has 1 atom stereocenters. The van der Waals surface area contributed by atoms with Crippen molar-refractivity contribution < 1.29 is 14.5 Å². The lowest BCUT2D eigenvalue weighted by Gasteiger charge is -2.07. The van der Waals surface area contributed by atoms with Crippen LogP contribution in [0.2, 0.25) is 0 Å². The number of hydrogen-bond acceptors (Lipinski definition) is 2. The second-order valence-corrected chi connectivity index (χ2v) is 4.15. The van der Waals surface area contributed by atoms with Gasteiger partial charge in [-0.1, -0.05) is 17.7 Å². The Labute approximate surface area is 79.6 Å². The third-order valence-electron chi connectivity index (χ3n) is 1.54. The summed E-state index contributed by atoms with van der Waals surface area (Å²) in [5, 5.41) is 8.41. The minimum atomic E-state index is -1.42. The van der Waals surface area contributed by atoms with E-state index in [0.717, 1.165) is 5.56 Å². The van der Waals surface area contributed by atoms with Gasteiger partial charge in [0, 0.05) is 0 Å². The van der Waals surface area contributed by atoms with E-state index in [1.54, 1.807) is 12.1 Å². The highest BCUT2D eigenvalue weighted by atomic mass is 32.2. The Morgan fingerprint density at radius 3 is 2.46 bits per heavy atom. The number of carboxylic acid groups (broad SMARTS) is 1. The first-order valence-corrected chi connectivity index (χ1v) is 5.08. The molecule has 0 spiro atoms. The fourth-order valence-corrected chi connectivity index (χ4v) is 1.72. The maximum absolute atomic E-state index is 11.3. The van der Waals surface area contributed by atoms with Gasteiger partial charge in [-0.05, 0) is 30.2 Å². The predicted octanol–water partition coefficient (Wildman–Crippen LogP) is 1.19. The molecule has 0 saturated heterocycles. The molecule has 0 aliphatic rings. The molecule has 13 heavy (non-hydrogen) atoms. The smallest absolute Gasteiger partial charge is 0.354 e. The Hall–Kier alpha value is -1.00. The molecule has 0 radical (unpaired) electrons. The maximum Gasteiger partial charge on any atom is 0.354 e. The van der Waals surface area contributed by atoms with Gasteiger partial charge in [0.05, 0.1) is 0 Å². The quantitative estimate of drug-likeness (QED) is 0.742. The Bertz CT molecular complexity index is 294. The Morgan fingerprint density at radius 2 is 2.00 bits per heavy atom. The van der Waals surface area contributed by atoms with Crippen molar-refractivity contribution in [2.24, 2.45) is 0 Å².